The minimum Gasteiger partial charge on any atom is -0.455 e. The number of hydrogen-bond donors (Lipinski definition) is 3. The summed E-state index contributed by atoms with van der Waals surface area (Å²) in [5.74, 6) is -0.442. The van der Waals surface area contributed by atoms with E-state index in [4.69, 9.17) is 4.74 Å². The van der Waals surface area contributed by atoms with Gasteiger partial charge in [-0.15, -0.1) is 0 Å². The van der Waals surface area contributed by atoms with E-state index in [0.29, 0.717) is 6.42 Å². The first-order valence-corrected chi connectivity index (χ1v) is 11.7. The largest absolute Gasteiger partial charge is 0.455 e. The summed E-state index contributed by atoms with van der Waals surface area (Å²) in [6.45, 7) is 7.82. The zero-order valence-electron chi connectivity index (χ0n) is 20.2. The van der Waals surface area contributed by atoms with Crippen molar-refractivity contribution in [3.63, 3.8) is 0 Å². The zero-order chi connectivity index (χ0) is 24.6. The molecule has 6 atom stereocenters. The fourth-order valence-corrected chi connectivity index (χ4v) is 3.09. The van der Waals surface area contributed by atoms with Crippen molar-refractivity contribution in [2.24, 2.45) is 11.8 Å². The van der Waals surface area contributed by atoms with Crippen molar-refractivity contribution in [2.45, 2.75) is 71.4 Å². The first kappa shape index (κ1) is 28.6. The maximum Gasteiger partial charge on any atom is 0.331 e. The highest BCUT2D eigenvalue weighted by Gasteiger charge is 2.26. The highest BCUT2D eigenvalue weighted by Crippen LogP contribution is 2.15. The van der Waals surface area contributed by atoms with E-state index in [1.165, 1.54) is 12.2 Å². The molecule has 3 N–H and O–H groups in total. The van der Waals surface area contributed by atoms with Crippen LogP contribution in [0.15, 0.2) is 84.6 Å². The Morgan fingerprint density at radius 3 is 2.45 bits per heavy atom. The molecule has 0 radical (unpaired) electrons. The van der Waals surface area contributed by atoms with E-state index < -0.39 is 30.4 Å². The standard InChI is InChI=1S/C28H40O5/c1-5-6-16-24-17-8-7-9-18-25(29)28(32)27(31)23(4)15-11-14-21(2)12-10-13-22(3)19-20-26(30)33-24/h6-13,15-16,18-21,23-25,27-29,31-32H,5,14,17H2,1-4H3/b8-7+,12-10+,15-11+,16-6+,18-9-,20-19+,22-13+/t21-,23-,24-,25-,27-,28+/m1/s1. The average Bonchev–Trinajstić information content (AvgIpc) is 2.78. The first-order valence-electron chi connectivity index (χ1n) is 11.7. The second-order valence-electron chi connectivity index (χ2n) is 8.46. The minimum absolute atomic E-state index is 0.276. The van der Waals surface area contributed by atoms with Gasteiger partial charge in [0.15, 0.2) is 0 Å². The quantitative estimate of drug-likeness (QED) is 0.413. The van der Waals surface area contributed by atoms with Crippen molar-refractivity contribution in [1.29, 1.82) is 0 Å². The summed E-state index contributed by atoms with van der Waals surface area (Å²) in [7, 11) is 0. The number of aliphatic hydroxyl groups is 3. The van der Waals surface area contributed by atoms with Crippen molar-refractivity contribution in [3.05, 3.63) is 84.6 Å². The van der Waals surface area contributed by atoms with Crippen LogP contribution < -0.4 is 0 Å². The number of rotatable bonds is 2. The Morgan fingerprint density at radius 1 is 0.970 bits per heavy atom. The molecular weight excluding hydrogens is 416 g/mol. The summed E-state index contributed by atoms with van der Waals surface area (Å²) < 4.78 is 5.53. The van der Waals surface area contributed by atoms with E-state index >= 15 is 0 Å². The lowest BCUT2D eigenvalue weighted by atomic mass is 9.94. The van der Waals surface area contributed by atoms with Gasteiger partial charge in [-0.1, -0.05) is 93.2 Å². The molecule has 182 valence electrons. The Balaban J connectivity index is 3.06. The van der Waals surface area contributed by atoms with Crippen molar-refractivity contribution < 1.29 is 24.9 Å². The van der Waals surface area contributed by atoms with Crippen LogP contribution in [0.1, 0.15) is 47.0 Å². The SMILES string of the molecule is CC/C=C/[C@@H]1C/C=C/C=C\[C@@H](O)[C@H](O)[C@H](O)[C@H](C)/C=C/C[C@H](C)/C=C/C=C(C)/C=C/C(=O)O1. The van der Waals surface area contributed by atoms with Gasteiger partial charge < -0.3 is 20.1 Å². The van der Waals surface area contributed by atoms with Gasteiger partial charge in [-0.2, -0.15) is 0 Å². The summed E-state index contributed by atoms with van der Waals surface area (Å²) in [4.78, 5) is 12.2. The van der Waals surface area contributed by atoms with E-state index in [2.05, 4.69) is 13.0 Å². The third kappa shape index (κ3) is 12.4. The lowest BCUT2D eigenvalue weighted by molar-refractivity contribution is -0.140. The number of aliphatic hydroxyl groups excluding tert-OH is 3. The smallest absolute Gasteiger partial charge is 0.331 e. The molecule has 1 rings (SSSR count). The van der Waals surface area contributed by atoms with E-state index in [0.717, 1.165) is 18.4 Å². The first-order chi connectivity index (χ1) is 15.7. The molecule has 0 aromatic heterocycles. The Hall–Kier alpha value is -2.47. The molecule has 0 amide bonds. The summed E-state index contributed by atoms with van der Waals surface area (Å²) >= 11 is 0. The van der Waals surface area contributed by atoms with Gasteiger partial charge >= 0.3 is 5.97 Å². The van der Waals surface area contributed by atoms with Gasteiger partial charge in [-0.3, -0.25) is 0 Å². The third-order valence-corrected chi connectivity index (χ3v) is 5.24. The molecule has 0 aromatic rings. The average molecular weight is 457 g/mol. The fourth-order valence-electron chi connectivity index (χ4n) is 3.09. The molecule has 1 aliphatic heterocycles. The zero-order valence-corrected chi connectivity index (χ0v) is 20.2. The number of carbonyl (C=O) groups excluding carboxylic acids is 1. The molecule has 5 nitrogen and oxygen atoms in total. The number of allylic oxidation sites excluding steroid dienone is 9. The van der Waals surface area contributed by atoms with Crippen LogP contribution in [0.5, 0.6) is 0 Å². The maximum atomic E-state index is 12.2. The number of cyclic esters (lactones) is 1. The van der Waals surface area contributed by atoms with Gasteiger partial charge in [0.2, 0.25) is 0 Å². The number of hydrogen-bond acceptors (Lipinski definition) is 5. The van der Waals surface area contributed by atoms with Crippen LogP contribution in [0.3, 0.4) is 0 Å². The second-order valence-corrected chi connectivity index (χ2v) is 8.46. The molecule has 33 heavy (non-hydrogen) atoms. The van der Waals surface area contributed by atoms with Crippen LogP contribution in [-0.4, -0.2) is 45.7 Å². The van der Waals surface area contributed by atoms with Crippen LogP contribution in [0, 0.1) is 11.8 Å². The van der Waals surface area contributed by atoms with E-state index in [1.54, 1.807) is 18.2 Å². The van der Waals surface area contributed by atoms with E-state index in [9.17, 15) is 20.1 Å². The lowest BCUT2D eigenvalue weighted by Gasteiger charge is -2.24. The molecule has 0 unspecified atom stereocenters. The molecule has 0 fully saturated rings. The predicted octanol–water partition coefficient (Wildman–Crippen LogP) is 4.74. The van der Waals surface area contributed by atoms with Gasteiger partial charge in [0.1, 0.15) is 18.3 Å². The topological polar surface area (TPSA) is 87.0 Å². The summed E-state index contributed by atoms with van der Waals surface area (Å²) in [6.07, 6.45) is 21.4. The van der Waals surface area contributed by atoms with Crippen molar-refractivity contribution in [1.82, 2.24) is 0 Å². The summed E-state index contributed by atoms with van der Waals surface area (Å²) in [5, 5.41) is 30.8. The van der Waals surface area contributed by atoms with Crippen LogP contribution in [0.25, 0.3) is 0 Å². The summed E-state index contributed by atoms with van der Waals surface area (Å²) in [6, 6.07) is 0. The summed E-state index contributed by atoms with van der Waals surface area (Å²) in [5.41, 5.74) is 0.933. The minimum atomic E-state index is -1.30. The Bertz CT molecular complexity index is 784. The van der Waals surface area contributed by atoms with Gasteiger partial charge in [0.25, 0.3) is 0 Å². The van der Waals surface area contributed by atoms with E-state index in [-0.39, 0.29) is 11.8 Å². The van der Waals surface area contributed by atoms with Gasteiger partial charge in [-0.05, 0) is 31.8 Å². The molecule has 0 aromatic carbocycles. The van der Waals surface area contributed by atoms with Crippen molar-refractivity contribution >= 4 is 5.97 Å². The Morgan fingerprint density at radius 2 is 1.73 bits per heavy atom. The van der Waals surface area contributed by atoms with Crippen LogP contribution in [0.4, 0.5) is 0 Å². The lowest BCUT2D eigenvalue weighted by Crippen LogP contribution is -2.39. The monoisotopic (exact) mass is 456 g/mol. The Labute approximate surface area is 198 Å². The number of ether oxygens (including phenoxy) is 1. The predicted molar refractivity (Wildman–Crippen MR) is 134 cm³/mol. The molecule has 0 bridgehead atoms. The molecule has 0 saturated heterocycles. The second kappa shape index (κ2) is 16.2. The molecule has 0 spiro atoms. The molecule has 1 aliphatic rings. The van der Waals surface area contributed by atoms with Crippen molar-refractivity contribution in [3.8, 4) is 0 Å². The number of carbonyl (C=O) groups is 1. The molecule has 5 heteroatoms. The highest BCUT2D eigenvalue weighted by atomic mass is 16.5. The van der Waals surface area contributed by atoms with E-state index in [1.807, 2.05) is 63.3 Å². The van der Waals surface area contributed by atoms with Gasteiger partial charge in [-0.25, -0.2) is 4.79 Å². The van der Waals surface area contributed by atoms with Crippen LogP contribution in [-0.2, 0) is 9.53 Å². The highest BCUT2D eigenvalue weighted by molar-refractivity contribution is 5.82. The third-order valence-electron chi connectivity index (χ3n) is 5.24. The molecule has 0 saturated carbocycles. The van der Waals surface area contributed by atoms with Gasteiger partial charge in [0.05, 0.1) is 6.10 Å². The maximum absolute atomic E-state index is 12.2. The number of esters is 1. The molecular formula is C28H40O5. The van der Waals surface area contributed by atoms with Crippen LogP contribution >= 0.6 is 0 Å². The Kier molecular flexibility index (Phi) is 14.0. The molecule has 0 aliphatic carbocycles. The normalized spacial score (nSPS) is 37.5. The fraction of sp³-hybridized carbons (Fsp3) is 0.464. The van der Waals surface area contributed by atoms with Gasteiger partial charge in [0, 0.05) is 18.4 Å². The molecule has 1 heterocycles. The van der Waals surface area contributed by atoms with Crippen LogP contribution in [0.2, 0.25) is 0 Å². The van der Waals surface area contributed by atoms with Crippen molar-refractivity contribution in [2.75, 3.05) is 0 Å².